The topological polar surface area (TPSA) is 74.6 Å². The highest BCUT2D eigenvalue weighted by atomic mass is 32.2. The Balaban J connectivity index is 1.93. The number of nitrogens with zero attached hydrogens (tertiary/aromatic N) is 1. The summed E-state index contributed by atoms with van der Waals surface area (Å²) in [4.78, 5) is 26.7. The second-order valence-corrected chi connectivity index (χ2v) is 7.05. The normalized spacial score (nSPS) is 11.7. The van der Waals surface area contributed by atoms with Crippen molar-refractivity contribution in [2.75, 3.05) is 31.0 Å². The number of thioether (sulfide) groups is 1. The van der Waals surface area contributed by atoms with Gasteiger partial charge in [-0.3, -0.25) is 9.59 Å². The first-order valence-electron chi connectivity index (χ1n) is 8.38. The molecule has 0 fully saturated rings. The average Bonchev–Trinajstić information content (AvgIpc) is 3.18. The highest BCUT2D eigenvalue weighted by molar-refractivity contribution is 7.98. The summed E-state index contributed by atoms with van der Waals surface area (Å²) in [7, 11) is 3.96. The van der Waals surface area contributed by atoms with Gasteiger partial charge >= 0.3 is 0 Å². The molecule has 2 rings (SSSR count). The molecule has 1 unspecified atom stereocenters. The number of furan rings is 1. The number of anilines is 1. The predicted octanol–water partition coefficient (Wildman–Crippen LogP) is 2.51. The smallest absolute Gasteiger partial charge is 0.287 e. The Morgan fingerprint density at radius 1 is 1.19 bits per heavy atom. The first-order chi connectivity index (χ1) is 12.5. The van der Waals surface area contributed by atoms with Crippen LogP contribution in [0.1, 0.15) is 22.5 Å². The average molecular weight is 375 g/mol. The third kappa shape index (κ3) is 5.84. The second kappa shape index (κ2) is 9.91. The number of carbonyl (C=O) groups excluding carboxylic acids is 2. The standard InChI is InChI=1S/C19H25N3O3S/c1-22(2)15-8-6-14(7-9-15)13-20-18(23)16(10-12-26-3)21-19(24)17-5-4-11-25-17/h4-9,11,16H,10,12-13H2,1-3H3,(H,20,23)(H,21,24). The maximum absolute atomic E-state index is 12.5. The van der Waals surface area contributed by atoms with Crippen molar-refractivity contribution in [2.24, 2.45) is 0 Å². The van der Waals surface area contributed by atoms with Crippen LogP contribution in [0.5, 0.6) is 0 Å². The maximum atomic E-state index is 12.5. The SMILES string of the molecule is CSCCC(NC(=O)c1ccco1)C(=O)NCc1ccc(N(C)C)cc1. The Labute approximate surface area is 158 Å². The first-order valence-corrected chi connectivity index (χ1v) is 9.78. The van der Waals surface area contributed by atoms with Gasteiger partial charge in [-0.2, -0.15) is 11.8 Å². The number of hydrogen-bond donors (Lipinski definition) is 2. The Morgan fingerprint density at radius 3 is 2.50 bits per heavy atom. The van der Waals surface area contributed by atoms with Crippen molar-refractivity contribution in [3.63, 3.8) is 0 Å². The van der Waals surface area contributed by atoms with Crippen LogP contribution in [0.25, 0.3) is 0 Å². The minimum Gasteiger partial charge on any atom is -0.459 e. The summed E-state index contributed by atoms with van der Waals surface area (Å²) in [5, 5.41) is 5.65. The molecular weight excluding hydrogens is 350 g/mol. The van der Waals surface area contributed by atoms with E-state index in [0.717, 1.165) is 17.0 Å². The first kappa shape index (κ1) is 19.9. The van der Waals surface area contributed by atoms with Crippen molar-refractivity contribution in [3.05, 3.63) is 54.0 Å². The molecule has 0 saturated heterocycles. The van der Waals surface area contributed by atoms with Crippen molar-refractivity contribution in [3.8, 4) is 0 Å². The fraction of sp³-hybridized carbons (Fsp3) is 0.368. The molecule has 0 bridgehead atoms. The predicted molar refractivity (Wildman–Crippen MR) is 106 cm³/mol. The van der Waals surface area contributed by atoms with E-state index in [-0.39, 0.29) is 17.6 Å². The number of benzene rings is 1. The minimum atomic E-state index is -0.596. The lowest BCUT2D eigenvalue weighted by Crippen LogP contribution is -2.46. The van der Waals surface area contributed by atoms with Gasteiger partial charge in [0.25, 0.3) is 5.91 Å². The van der Waals surface area contributed by atoms with Crippen LogP contribution in [0.4, 0.5) is 5.69 Å². The van der Waals surface area contributed by atoms with Gasteiger partial charge in [0, 0.05) is 26.3 Å². The third-order valence-corrected chi connectivity index (χ3v) is 4.54. The van der Waals surface area contributed by atoms with E-state index in [9.17, 15) is 9.59 Å². The summed E-state index contributed by atoms with van der Waals surface area (Å²) < 4.78 is 5.09. The van der Waals surface area contributed by atoms with Crippen LogP contribution in [0, 0.1) is 0 Å². The largest absolute Gasteiger partial charge is 0.459 e. The van der Waals surface area contributed by atoms with E-state index in [0.29, 0.717) is 13.0 Å². The minimum absolute atomic E-state index is 0.198. The molecule has 0 spiro atoms. The Hall–Kier alpha value is -2.41. The summed E-state index contributed by atoms with van der Waals surface area (Å²) in [6.07, 6.45) is 3.96. The fourth-order valence-electron chi connectivity index (χ4n) is 2.37. The van der Waals surface area contributed by atoms with Crippen molar-refractivity contribution in [2.45, 2.75) is 19.0 Å². The van der Waals surface area contributed by atoms with Gasteiger partial charge in [-0.25, -0.2) is 0 Å². The Bertz CT molecular complexity index is 699. The Kier molecular flexibility index (Phi) is 7.59. The molecule has 2 aromatic rings. The molecule has 0 radical (unpaired) electrons. The molecule has 1 aromatic carbocycles. The molecule has 26 heavy (non-hydrogen) atoms. The molecule has 2 N–H and O–H groups in total. The second-order valence-electron chi connectivity index (χ2n) is 6.06. The van der Waals surface area contributed by atoms with Gasteiger partial charge < -0.3 is 20.0 Å². The molecule has 0 saturated carbocycles. The van der Waals surface area contributed by atoms with Gasteiger partial charge in [-0.05, 0) is 48.3 Å². The molecule has 2 amide bonds. The molecule has 0 aliphatic carbocycles. The number of rotatable bonds is 9. The quantitative estimate of drug-likeness (QED) is 0.704. The van der Waals surface area contributed by atoms with E-state index in [2.05, 4.69) is 10.6 Å². The van der Waals surface area contributed by atoms with Gasteiger partial charge in [0.1, 0.15) is 6.04 Å². The van der Waals surface area contributed by atoms with E-state index in [1.54, 1.807) is 23.9 Å². The summed E-state index contributed by atoms with van der Waals surface area (Å²) in [6, 6.07) is 10.6. The zero-order chi connectivity index (χ0) is 18.9. The van der Waals surface area contributed by atoms with E-state index < -0.39 is 6.04 Å². The van der Waals surface area contributed by atoms with Gasteiger partial charge in [0.2, 0.25) is 5.91 Å². The van der Waals surface area contributed by atoms with E-state index in [1.807, 2.05) is 49.5 Å². The lowest BCUT2D eigenvalue weighted by molar-refractivity contribution is -0.123. The van der Waals surface area contributed by atoms with Crippen LogP contribution in [0.3, 0.4) is 0 Å². The fourth-order valence-corrected chi connectivity index (χ4v) is 2.84. The van der Waals surface area contributed by atoms with Crippen LogP contribution in [-0.2, 0) is 11.3 Å². The van der Waals surface area contributed by atoms with Gasteiger partial charge in [0.05, 0.1) is 6.26 Å². The lowest BCUT2D eigenvalue weighted by atomic mass is 10.1. The van der Waals surface area contributed by atoms with Crippen LogP contribution in [0.2, 0.25) is 0 Å². The van der Waals surface area contributed by atoms with Crippen LogP contribution in [-0.4, -0.2) is 44.0 Å². The zero-order valence-corrected chi connectivity index (χ0v) is 16.1. The maximum Gasteiger partial charge on any atom is 0.287 e. The molecular formula is C19H25N3O3S. The van der Waals surface area contributed by atoms with Crippen LogP contribution < -0.4 is 15.5 Å². The molecule has 1 atom stereocenters. The van der Waals surface area contributed by atoms with Gasteiger partial charge in [-0.15, -0.1) is 0 Å². The molecule has 7 heteroatoms. The number of amides is 2. The van der Waals surface area contributed by atoms with Crippen molar-refractivity contribution in [1.82, 2.24) is 10.6 Å². The van der Waals surface area contributed by atoms with E-state index >= 15 is 0 Å². The van der Waals surface area contributed by atoms with Crippen LogP contribution in [0.15, 0.2) is 47.1 Å². The monoisotopic (exact) mass is 375 g/mol. The van der Waals surface area contributed by atoms with Gasteiger partial charge in [-0.1, -0.05) is 12.1 Å². The van der Waals surface area contributed by atoms with Gasteiger partial charge in [0.15, 0.2) is 5.76 Å². The molecule has 6 nitrogen and oxygen atoms in total. The number of nitrogens with one attached hydrogen (secondary N) is 2. The summed E-state index contributed by atoms with van der Waals surface area (Å²) in [6.45, 7) is 0.416. The highest BCUT2D eigenvalue weighted by Gasteiger charge is 2.22. The molecule has 0 aliphatic rings. The van der Waals surface area contributed by atoms with Crippen LogP contribution >= 0.6 is 11.8 Å². The van der Waals surface area contributed by atoms with E-state index in [1.165, 1.54) is 6.26 Å². The molecule has 0 aliphatic heterocycles. The molecule has 1 heterocycles. The number of hydrogen-bond acceptors (Lipinski definition) is 5. The van der Waals surface area contributed by atoms with Crippen molar-refractivity contribution in [1.29, 1.82) is 0 Å². The lowest BCUT2D eigenvalue weighted by Gasteiger charge is -2.18. The summed E-state index contributed by atoms with van der Waals surface area (Å²) >= 11 is 1.63. The van der Waals surface area contributed by atoms with Crippen molar-refractivity contribution >= 4 is 29.3 Å². The van der Waals surface area contributed by atoms with Crippen molar-refractivity contribution < 1.29 is 14.0 Å². The molecule has 140 valence electrons. The Morgan fingerprint density at radius 2 is 1.92 bits per heavy atom. The third-order valence-electron chi connectivity index (χ3n) is 3.90. The highest BCUT2D eigenvalue weighted by Crippen LogP contribution is 2.12. The summed E-state index contributed by atoms with van der Waals surface area (Å²) in [5.74, 6) is 0.391. The zero-order valence-electron chi connectivity index (χ0n) is 15.3. The molecule has 1 aromatic heterocycles. The summed E-state index contributed by atoms with van der Waals surface area (Å²) in [5.41, 5.74) is 2.11. The van der Waals surface area contributed by atoms with E-state index in [4.69, 9.17) is 4.42 Å². The number of carbonyl (C=O) groups is 2.